The Hall–Kier alpha value is -3.27. The number of nitrogens with one attached hydrogen (secondary N) is 1. The van der Waals surface area contributed by atoms with E-state index < -0.39 is 23.0 Å². The normalized spacial score (nSPS) is 14.0. The first kappa shape index (κ1) is 16.2. The zero-order valence-corrected chi connectivity index (χ0v) is 13.7. The molecule has 1 fully saturated rings. The lowest BCUT2D eigenvalue weighted by atomic mass is 10.0. The number of anilines is 1. The Balaban J connectivity index is 1.84. The highest BCUT2D eigenvalue weighted by Gasteiger charge is 2.27. The number of H-pyrrole nitrogens is 1. The summed E-state index contributed by atoms with van der Waals surface area (Å²) in [5, 5.41) is 9.38. The van der Waals surface area contributed by atoms with Gasteiger partial charge in [-0.2, -0.15) is 5.26 Å². The van der Waals surface area contributed by atoms with Gasteiger partial charge in [0.15, 0.2) is 5.82 Å². The number of carbonyl (C=O) groups excluding carboxylic acids is 1. The van der Waals surface area contributed by atoms with Gasteiger partial charge in [-0.05, 0) is 31.0 Å². The average molecular weight is 352 g/mol. The number of benzene rings is 1. The molecule has 1 saturated heterocycles. The number of aromatic amines is 1. The Morgan fingerprint density at radius 1 is 1.27 bits per heavy atom. The molecular weight excluding hydrogens is 338 g/mol. The van der Waals surface area contributed by atoms with E-state index in [-0.39, 0.29) is 16.8 Å². The third kappa shape index (κ3) is 2.51. The van der Waals surface area contributed by atoms with Crippen molar-refractivity contribution in [3.8, 4) is 6.07 Å². The molecule has 0 unspecified atom stereocenters. The van der Waals surface area contributed by atoms with E-state index in [4.69, 9.17) is 5.26 Å². The summed E-state index contributed by atoms with van der Waals surface area (Å²) in [4.78, 5) is 21.6. The number of aromatic nitrogens is 2. The van der Waals surface area contributed by atoms with Crippen LogP contribution in [0.15, 0.2) is 30.6 Å². The second-order valence-corrected chi connectivity index (χ2v) is 6.21. The molecule has 3 aromatic rings. The molecule has 0 saturated carbocycles. The quantitative estimate of drug-likeness (QED) is 0.732. The van der Waals surface area contributed by atoms with Gasteiger partial charge in [-0.15, -0.1) is 0 Å². The van der Waals surface area contributed by atoms with Gasteiger partial charge in [0.25, 0.3) is 0 Å². The van der Waals surface area contributed by atoms with Crippen LogP contribution in [0.3, 0.4) is 0 Å². The minimum Gasteiger partial charge on any atom is -0.369 e. The third-order valence-corrected chi connectivity index (χ3v) is 4.65. The summed E-state index contributed by atoms with van der Waals surface area (Å²) >= 11 is 0. The second kappa shape index (κ2) is 6.23. The van der Waals surface area contributed by atoms with Gasteiger partial charge < -0.3 is 9.88 Å². The minimum atomic E-state index is -0.908. The van der Waals surface area contributed by atoms with Crippen LogP contribution in [-0.2, 0) is 0 Å². The van der Waals surface area contributed by atoms with Gasteiger partial charge in [-0.1, -0.05) is 0 Å². The number of fused-ring (bicyclic) bond motifs is 1. The largest absolute Gasteiger partial charge is 0.369 e. The van der Waals surface area contributed by atoms with Crippen molar-refractivity contribution in [2.75, 3.05) is 18.0 Å². The number of ketones is 1. The predicted octanol–water partition coefficient (Wildman–Crippen LogP) is 3.54. The molecule has 0 spiro atoms. The maximum Gasteiger partial charge on any atom is 0.201 e. The molecule has 0 radical (unpaired) electrons. The second-order valence-electron chi connectivity index (χ2n) is 6.21. The molecular formula is C19H14F2N4O. The van der Waals surface area contributed by atoms with E-state index in [1.807, 2.05) is 11.0 Å². The maximum atomic E-state index is 15.0. The summed E-state index contributed by atoms with van der Waals surface area (Å²) in [5.74, 6) is -2.53. The highest BCUT2D eigenvalue weighted by atomic mass is 19.1. The fourth-order valence-electron chi connectivity index (χ4n) is 3.34. The molecule has 7 heteroatoms. The molecule has 1 aliphatic rings. The van der Waals surface area contributed by atoms with E-state index >= 15 is 0 Å². The number of nitrogens with zero attached hydrogens (tertiary/aromatic N) is 3. The van der Waals surface area contributed by atoms with Crippen LogP contribution < -0.4 is 4.90 Å². The number of hydrogen-bond acceptors (Lipinski definition) is 4. The van der Waals surface area contributed by atoms with Crippen molar-refractivity contribution in [2.45, 2.75) is 12.8 Å². The smallest absolute Gasteiger partial charge is 0.201 e. The molecule has 3 heterocycles. The molecule has 130 valence electrons. The Labute approximate surface area is 147 Å². The van der Waals surface area contributed by atoms with Crippen molar-refractivity contribution in [1.82, 2.24) is 9.97 Å². The molecule has 1 N–H and O–H groups in total. The fourth-order valence-corrected chi connectivity index (χ4v) is 3.34. The Bertz CT molecular complexity index is 1060. The number of carbonyl (C=O) groups is 1. The molecule has 1 aliphatic heterocycles. The van der Waals surface area contributed by atoms with Crippen LogP contribution in [0.4, 0.5) is 14.5 Å². The highest BCUT2D eigenvalue weighted by Crippen LogP contribution is 2.30. The average Bonchev–Trinajstić information content (AvgIpc) is 3.30. The van der Waals surface area contributed by atoms with E-state index in [0.717, 1.165) is 18.9 Å². The van der Waals surface area contributed by atoms with Crippen LogP contribution >= 0.6 is 0 Å². The molecule has 0 atom stereocenters. The van der Waals surface area contributed by atoms with Gasteiger partial charge in [0.1, 0.15) is 17.5 Å². The fraction of sp³-hybridized carbons (Fsp3) is 0.211. The van der Waals surface area contributed by atoms with E-state index in [1.165, 1.54) is 24.5 Å². The number of hydrogen-bond donors (Lipinski definition) is 1. The predicted molar refractivity (Wildman–Crippen MR) is 92.0 cm³/mol. The van der Waals surface area contributed by atoms with Crippen LogP contribution in [0.1, 0.15) is 34.3 Å². The monoisotopic (exact) mass is 352 g/mol. The van der Waals surface area contributed by atoms with Crippen molar-refractivity contribution in [3.05, 3.63) is 58.9 Å². The van der Waals surface area contributed by atoms with Crippen molar-refractivity contribution >= 4 is 22.5 Å². The van der Waals surface area contributed by atoms with Gasteiger partial charge in [-0.25, -0.2) is 13.8 Å². The lowest BCUT2D eigenvalue weighted by Crippen LogP contribution is -2.21. The summed E-state index contributed by atoms with van der Waals surface area (Å²) in [6.45, 7) is 1.36. The third-order valence-electron chi connectivity index (χ3n) is 4.65. The summed E-state index contributed by atoms with van der Waals surface area (Å²) in [5.41, 5.74) is 0.378. The topological polar surface area (TPSA) is 72.8 Å². The van der Waals surface area contributed by atoms with Crippen molar-refractivity contribution in [2.24, 2.45) is 0 Å². The molecule has 26 heavy (non-hydrogen) atoms. The molecule has 5 nitrogen and oxygen atoms in total. The lowest BCUT2D eigenvalue weighted by Gasteiger charge is -2.19. The van der Waals surface area contributed by atoms with Gasteiger partial charge >= 0.3 is 0 Å². The molecule has 0 bridgehead atoms. The zero-order chi connectivity index (χ0) is 18.3. The number of rotatable bonds is 3. The van der Waals surface area contributed by atoms with Crippen molar-refractivity contribution in [1.29, 1.82) is 5.26 Å². The van der Waals surface area contributed by atoms with Gasteiger partial charge in [0.05, 0.1) is 16.8 Å². The molecule has 0 aliphatic carbocycles. The first-order valence-corrected chi connectivity index (χ1v) is 8.25. The standard InChI is InChI=1S/C19H14F2N4O/c20-14-3-4-15(25-5-1-2-6-25)17(21)16(14)18(26)13-10-24-19-12(13)7-11(8-22)9-23-19/h3-4,7,9-10H,1-2,5-6H2,(H,23,24). The highest BCUT2D eigenvalue weighted by molar-refractivity contribution is 6.16. The number of pyridine rings is 1. The van der Waals surface area contributed by atoms with E-state index in [9.17, 15) is 13.6 Å². The summed E-state index contributed by atoms with van der Waals surface area (Å²) in [6, 6.07) is 5.91. The van der Waals surface area contributed by atoms with Crippen LogP contribution in [0, 0.1) is 23.0 Å². The SMILES string of the molecule is N#Cc1cnc2[nH]cc(C(=O)c3c(F)ccc(N4CCCC4)c3F)c2c1. The lowest BCUT2D eigenvalue weighted by molar-refractivity contribution is 0.103. The Morgan fingerprint density at radius 3 is 2.77 bits per heavy atom. The first-order chi connectivity index (χ1) is 12.6. The first-order valence-electron chi connectivity index (χ1n) is 8.25. The summed E-state index contributed by atoms with van der Waals surface area (Å²) < 4.78 is 29.3. The van der Waals surface area contributed by atoms with E-state index in [1.54, 1.807) is 0 Å². The summed E-state index contributed by atoms with van der Waals surface area (Å²) in [6.07, 6.45) is 4.60. The molecule has 1 aromatic carbocycles. The van der Waals surface area contributed by atoms with Gasteiger partial charge in [-0.3, -0.25) is 4.79 Å². The number of nitriles is 1. The van der Waals surface area contributed by atoms with Crippen molar-refractivity contribution in [3.63, 3.8) is 0 Å². The Kier molecular flexibility index (Phi) is 3.88. The Morgan fingerprint density at radius 2 is 2.04 bits per heavy atom. The van der Waals surface area contributed by atoms with E-state index in [0.29, 0.717) is 24.1 Å². The molecule has 0 amide bonds. The minimum absolute atomic E-state index is 0.0842. The van der Waals surface area contributed by atoms with Gasteiger partial charge in [0, 0.05) is 36.4 Å². The molecule has 4 rings (SSSR count). The number of halogens is 2. The van der Waals surface area contributed by atoms with Crippen LogP contribution in [0.5, 0.6) is 0 Å². The molecule has 2 aromatic heterocycles. The van der Waals surface area contributed by atoms with Gasteiger partial charge in [0.2, 0.25) is 5.78 Å². The maximum absolute atomic E-state index is 15.0. The van der Waals surface area contributed by atoms with E-state index in [2.05, 4.69) is 9.97 Å². The van der Waals surface area contributed by atoms with Crippen LogP contribution in [0.25, 0.3) is 11.0 Å². The van der Waals surface area contributed by atoms with Crippen molar-refractivity contribution < 1.29 is 13.6 Å². The van der Waals surface area contributed by atoms with Crippen LogP contribution in [0.2, 0.25) is 0 Å². The summed E-state index contributed by atoms with van der Waals surface area (Å²) in [7, 11) is 0. The zero-order valence-electron chi connectivity index (χ0n) is 13.7. The van der Waals surface area contributed by atoms with Crippen LogP contribution in [-0.4, -0.2) is 28.8 Å².